The summed E-state index contributed by atoms with van der Waals surface area (Å²) in [6, 6.07) is 5.20. The quantitative estimate of drug-likeness (QED) is 0.478. The summed E-state index contributed by atoms with van der Waals surface area (Å²) in [5.41, 5.74) is -2.65. The number of thiocarbonyl (C=S) groups is 1. The molecule has 38 heavy (non-hydrogen) atoms. The third-order valence-electron chi connectivity index (χ3n) is 7.23. The Morgan fingerprint density at radius 2 is 1.84 bits per heavy atom. The first-order valence-corrected chi connectivity index (χ1v) is 14.2. The van der Waals surface area contributed by atoms with E-state index in [2.05, 4.69) is 4.90 Å². The summed E-state index contributed by atoms with van der Waals surface area (Å²) in [4.78, 5) is 4.55. The minimum Gasteiger partial charge on any atom is -0.394 e. The van der Waals surface area contributed by atoms with Crippen LogP contribution >= 0.6 is 12.2 Å². The van der Waals surface area contributed by atoms with Gasteiger partial charge in [-0.1, -0.05) is 36.5 Å². The van der Waals surface area contributed by atoms with E-state index in [1.807, 2.05) is 4.90 Å². The van der Waals surface area contributed by atoms with Crippen LogP contribution in [-0.2, 0) is 20.4 Å². The van der Waals surface area contributed by atoms with Gasteiger partial charge in [0.15, 0.2) is 5.60 Å². The van der Waals surface area contributed by atoms with Gasteiger partial charge in [-0.25, -0.2) is 8.42 Å². The molecular formula is C25H32F3N3O5S2. The molecule has 210 valence electrons. The molecule has 0 amide bonds. The molecule has 8 nitrogen and oxygen atoms in total. The molecule has 2 fully saturated rings. The highest BCUT2D eigenvalue weighted by Gasteiger charge is 2.51. The van der Waals surface area contributed by atoms with Crippen LogP contribution < -0.4 is 4.90 Å². The van der Waals surface area contributed by atoms with E-state index in [4.69, 9.17) is 17.0 Å². The Morgan fingerprint density at radius 1 is 1.13 bits per heavy atom. The number of halogens is 3. The molecule has 2 aliphatic heterocycles. The first-order chi connectivity index (χ1) is 17.8. The first-order valence-electron chi connectivity index (χ1n) is 12.4. The van der Waals surface area contributed by atoms with E-state index >= 15 is 0 Å². The summed E-state index contributed by atoms with van der Waals surface area (Å²) < 4.78 is 73.9. The molecule has 1 unspecified atom stereocenters. The highest BCUT2D eigenvalue weighted by molar-refractivity contribution is 7.96. The number of benzene rings is 1. The minimum absolute atomic E-state index is 0.118. The number of alkyl halides is 3. The fourth-order valence-corrected chi connectivity index (χ4v) is 7.00. The maximum absolute atomic E-state index is 13.5. The Kier molecular flexibility index (Phi) is 8.67. The predicted octanol–water partition coefficient (Wildman–Crippen LogP) is 2.18. The Hall–Kier alpha value is -1.87. The monoisotopic (exact) mass is 575 g/mol. The van der Waals surface area contributed by atoms with Crippen molar-refractivity contribution in [1.82, 2.24) is 9.21 Å². The van der Waals surface area contributed by atoms with Crippen LogP contribution in [0.2, 0.25) is 0 Å². The molecule has 0 spiro atoms. The SMILES string of the molecule is CC(O)(c1ccc(N2CCN(S(=O)(=O)C3=CC=CCC3=S)C[C@H]2CN2CCO[C@@H](CO)C2)cc1)C(F)(F)F. The number of anilines is 1. The molecule has 2 N–H and O–H groups in total. The summed E-state index contributed by atoms with van der Waals surface area (Å²) in [6.07, 6.45) is 0.200. The summed E-state index contributed by atoms with van der Waals surface area (Å²) >= 11 is 5.32. The number of hydrogen-bond donors (Lipinski definition) is 2. The van der Waals surface area contributed by atoms with Crippen molar-refractivity contribution in [2.45, 2.75) is 37.3 Å². The van der Waals surface area contributed by atoms with E-state index in [1.54, 1.807) is 12.2 Å². The standard InChI is InChI=1S/C25H32F3N3O5S2/c1-24(33,25(26,27)28)18-6-8-19(9-7-18)31-11-10-30(38(34,35)23-5-3-2-4-22(23)37)15-20(31)14-29-12-13-36-21(16-29)17-32/h2-3,5-9,20-21,32-33H,4,10-17H2,1H3/t20-,21-,24?/m1/s1. The molecule has 0 aromatic heterocycles. The second-order valence-electron chi connectivity index (χ2n) is 9.85. The largest absolute Gasteiger partial charge is 0.421 e. The number of sulfonamides is 1. The molecule has 13 heteroatoms. The molecular weight excluding hydrogens is 543 g/mol. The average molecular weight is 576 g/mol. The zero-order valence-corrected chi connectivity index (χ0v) is 22.6. The molecule has 2 heterocycles. The fourth-order valence-electron chi connectivity index (χ4n) is 4.93. The van der Waals surface area contributed by atoms with Gasteiger partial charge in [0.2, 0.25) is 10.0 Å². The highest BCUT2D eigenvalue weighted by atomic mass is 32.2. The number of rotatable bonds is 7. The zero-order valence-electron chi connectivity index (χ0n) is 21.0. The summed E-state index contributed by atoms with van der Waals surface area (Å²) in [6.45, 7) is 3.16. The number of aliphatic hydroxyl groups is 2. The minimum atomic E-state index is -4.83. The Morgan fingerprint density at radius 3 is 2.47 bits per heavy atom. The Labute approximate surface area is 226 Å². The lowest BCUT2D eigenvalue weighted by Crippen LogP contribution is -2.60. The fraction of sp³-hybridized carbons (Fsp3) is 0.560. The third-order valence-corrected chi connectivity index (χ3v) is 9.70. The number of aliphatic hydroxyl groups excluding tert-OH is 1. The van der Waals surface area contributed by atoms with Gasteiger partial charge in [0.05, 0.1) is 30.3 Å². The normalized spacial score (nSPS) is 25.8. The number of hydrogen-bond acceptors (Lipinski definition) is 8. The molecule has 0 radical (unpaired) electrons. The lowest BCUT2D eigenvalue weighted by molar-refractivity contribution is -0.258. The molecule has 1 aromatic carbocycles. The van der Waals surface area contributed by atoms with Gasteiger partial charge >= 0.3 is 6.18 Å². The zero-order chi connectivity index (χ0) is 27.7. The second kappa shape index (κ2) is 11.3. The Balaban J connectivity index is 1.60. The molecule has 0 saturated carbocycles. The van der Waals surface area contributed by atoms with Gasteiger partial charge in [0.1, 0.15) is 0 Å². The summed E-state index contributed by atoms with van der Waals surface area (Å²) in [5, 5.41) is 19.6. The van der Waals surface area contributed by atoms with Crippen molar-refractivity contribution in [1.29, 1.82) is 0 Å². The van der Waals surface area contributed by atoms with Gasteiger partial charge in [-0.05, 0) is 30.7 Å². The second-order valence-corrected chi connectivity index (χ2v) is 12.2. The van der Waals surface area contributed by atoms with Crippen LogP contribution in [-0.4, -0.2) is 104 Å². The van der Waals surface area contributed by atoms with E-state index in [0.29, 0.717) is 56.7 Å². The molecule has 4 rings (SSSR count). The van der Waals surface area contributed by atoms with Crippen molar-refractivity contribution in [3.05, 3.63) is 53.0 Å². The van der Waals surface area contributed by atoms with Crippen LogP contribution in [0.25, 0.3) is 0 Å². The van der Waals surface area contributed by atoms with E-state index in [-0.39, 0.29) is 42.3 Å². The van der Waals surface area contributed by atoms with Gasteiger partial charge in [0, 0.05) is 56.2 Å². The van der Waals surface area contributed by atoms with Crippen LogP contribution in [0.5, 0.6) is 0 Å². The molecule has 2 saturated heterocycles. The van der Waals surface area contributed by atoms with Crippen molar-refractivity contribution in [2.75, 3.05) is 57.4 Å². The molecule has 1 aliphatic carbocycles. The number of piperazine rings is 1. The summed E-state index contributed by atoms with van der Waals surface area (Å²) in [7, 11) is -3.84. The summed E-state index contributed by atoms with van der Waals surface area (Å²) in [5.74, 6) is 0. The maximum atomic E-state index is 13.5. The van der Waals surface area contributed by atoms with E-state index in [1.165, 1.54) is 34.6 Å². The van der Waals surface area contributed by atoms with E-state index < -0.39 is 21.8 Å². The third kappa shape index (κ3) is 5.98. The van der Waals surface area contributed by atoms with Crippen molar-refractivity contribution in [3.8, 4) is 0 Å². The smallest absolute Gasteiger partial charge is 0.394 e. The lowest BCUT2D eigenvalue weighted by atomic mass is 9.95. The van der Waals surface area contributed by atoms with Crippen LogP contribution in [0.15, 0.2) is 47.4 Å². The number of ether oxygens (including phenoxy) is 1. The lowest BCUT2D eigenvalue weighted by Gasteiger charge is -2.45. The van der Waals surface area contributed by atoms with Gasteiger partial charge in [-0.15, -0.1) is 0 Å². The van der Waals surface area contributed by atoms with Gasteiger partial charge in [-0.2, -0.15) is 17.5 Å². The number of nitrogens with zero attached hydrogens (tertiary/aromatic N) is 3. The molecule has 3 aliphatic rings. The van der Waals surface area contributed by atoms with Crippen LogP contribution in [0.3, 0.4) is 0 Å². The number of allylic oxidation sites excluding steroid dienone is 4. The van der Waals surface area contributed by atoms with Crippen molar-refractivity contribution in [3.63, 3.8) is 0 Å². The predicted molar refractivity (Wildman–Crippen MR) is 141 cm³/mol. The van der Waals surface area contributed by atoms with Gasteiger partial charge in [-0.3, -0.25) is 4.90 Å². The molecule has 0 bridgehead atoms. The number of morpholine rings is 1. The average Bonchev–Trinajstić information content (AvgIpc) is 2.88. The van der Waals surface area contributed by atoms with E-state index in [0.717, 1.165) is 0 Å². The van der Waals surface area contributed by atoms with E-state index in [9.17, 15) is 31.8 Å². The first kappa shape index (κ1) is 29.1. The van der Waals surface area contributed by atoms with Crippen molar-refractivity contribution >= 4 is 32.8 Å². The Bertz CT molecular complexity index is 1190. The molecule has 3 atom stereocenters. The van der Waals surface area contributed by atoms with Gasteiger partial charge < -0.3 is 19.8 Å². The maximum Gasteiger partial charge on any atom is 0.421 e. The van der Waals surface area contributed by atoms with Crippen molar-refractivity contribution < 1.29 is 36.5 Å². The van der Waals surface area contributed by atoms with Crippen molar-refractivity contribution in [2.24, 2.45) is 0 Å². The topological polar surface area (TPSA) is 93.6 Å². The highest BCUT2D eigenvalue weighted by Crippen LogP contribution is 2.39. The van der Waals surface area contributed by atoms with Gasteiger partial charge in [0.25, 0.3) is 0 Å². The van der Waals surface area contributed by atoms with Crippen LogP contribution in [0.1, 0.15) is 18.9 Å². The van der Waals surface area contributed by atoms with Crippen LogP contribution in [0, 0.1) is 0 Å². The molecule has 1 aromatic rings. The van der Waals surface area contributed by atoms with Crippen LogP contribution in [0.4, 0.5) is 18.9 Å².